The van der Waals surface area contributed by atoms with Gasteiger partial charge in [0.2, 0.25) is 10.0 Å². The van der Waals surface area contributed by atoms with Crippen LogP contribution in [-0.4, -0.2) is 42.5 Å². The fraction of sp³-hybridized carbons (Fsp3) is 0.310. The SMILES string of the molecule is CC(C)O.COc1c(-c2ccc3cc(NS(C)(=O)=O)ccc3c2)cc(-n2c(=O)cc[nH]c2=O)cc1C(C)(C)C. The van der Waals surface area contributed by atoms with Crippen molar-refractivity contribution in [2.75, 3.05) is 18.1 Å². The van der Waals surface area contributed by atoms with Gasteiger partial charge in [0.15, 0.2) is 0 Å². The van der Waals surface area contributed by atoms with Gasteiger partial charge in [-0.05, 0) is 65.9 Å². The lowest BCUT2D eigenvalue weighted by Crippen LogP contribution is -2.32. The summed E-state index contributed by atoms with van der Waals surface area (Å²) < 4.78 is 32.6. The minimum absolute atomic E-state index is 0.167. The van der Waals surface area contributed by atoms with E-state index in [-0.39, 0.29) is 11.5 Å². The molecular weight excluding hydrogens is 518 g/mol. The lowest BCUT2D eigenvalue weighted by atomic mass is 9.83. The van der Waals surface area contributed by atoms with Crippen molar-refractivity contribution in [1.82, 2.24) is 9.55 Å². The van der Waals surface area contributed by atoms with Crippen molar-refractivity contribution >= 4 is 26.5 Å². The second-order valence-corrected chi connectivity index (χ2v) is 12.3. The second-order valence-electron chi connectivity index (χ2n) is 10.5. The Bertz CT molecular complexity index is 1680. The summed E-state index contributed by atoms with van der Waals surface area (Å²) in [6.07, 6.45) is 2.27. The van der Waals surface area contributed by atoms with E-state index in [9.17, 15) is 18.0 Å². The number of benzene rings is 3. The maximum atomic E-state index is 12.6. The molecule has 4 rings (SSSR count). The largest absolute Gasteiger partial charge is 0.496 e. The van der Waals surface area contributed by atoms with Gasteiger partial charge in [-0.25, -0.2) is 17.8 Å². The number of nitrogens with one attached hydrogen (secondary N) is 2. The van der Waals surface area contributed by atoms with Gasteiger partial charge >= 0.3 is 5.69 Å². The van der Waals surface area contributed by atoms with E-state index in [0.717, 1.165) is 38.3 Å². The summed E-state index contributed by atoms with van der Waals surface area (Å²) in [5.41, 5.74) is 2.00. The molecule has 4 aromatic rings. The monoisotopic (exact) mass is 553 g/mol. The Balaban J connectivity index is 0.000000983. The normalized spacial score (nSPS) is 11.7. The summed E-state index contributed by atoms with van der Waals surface area (Å²) in [7, 11) is -1.79. The third-order valence-corrected chi connectivity index (χ3v) is 6.26. The van der Waals surface area contributed by atoms with E-state index in [1.807, 2.05) is 51.1 Å². The molecule has 1 aromatic heterocycles. The van der Waals surface area contributed by atoms with Crippen LogP contribution >= 0.6 is 0 Å². The van der Waals surface area contributed by atoms with Gasteiger partial charge in [0.05, 0.1) is 19.1 Å². The van der Waals surface area contributed by atoms with Crippen LogP contribution in [-0.2, 0) is 15.4 Å². The number of hydrogen-bond donors (Lipinski definition) is 3. The highest BCUT2D eigenvalue weighted by Gasteiger charge is 2.24. The van der Waals surface area contributed by atoms with E-state index in [0.29, 0.717) is 17.1 Å². The summed E-state index contributed by atoms with van der Waals surface area (Å²) >= 11 is 0. The first-order chi connectivity index (χ1) is 18.1. The molecule has 3 aromatic carbocycles. The molecule has 0 unspecified atom stereocenters. The smallest absolute Gasteiger partial charge is 0.332 e. The van der Waals surface area contributed by atoms with E-state index in [4.69, 9.17) is 9.84 Å². The molecule has 208 valence electrons. The number of fused-ring (bicyclic) bond motifs is 1. The summed E-state index contributed by atoms with van der Waals surface area (Å²) in [4.78, 5) is 27.7. The molecule has 1 heterocycles. The number of aliphatic hydroxyl groups is 1. The van der Waals surface area contributed by atoms with Crippen LogP contribution in [0.2, 0.25) is 0 Å². The fourth-order valence-corrected chi connectivity index (χ4v) is 4.65. The predicted octanol–water partition coefficient (Wildman–Crippen LogP) is 4.41. The summed E-state index contributed by atoms with van der Waals surface area (Å²) in [6.45, 7) is 9.55. The van der Waals surface area contributed by atoms with E-state index < -0.39 is 21.3 Å². The van der Waals surface area contributed by atoms with Gasteiger partial charge in [-0.15, -0.1) is 0 Å². The van der Waals surface area contributed by atoms with Crippen molar-refractivity contribution in [3.63, 3.8) is 0 Å². The Labute approximate surface area is 228 Å². The number of nitrogens with zero attached hydrogens (tertiary/aromatic N) is 1. The Hall–Kier alpha value is -3.89. The topological polar surface area (TPSA) is 130 Å². The summed E-state index contributed by atoms with van der Waals surface area (Å²) in [5.74, 6) is 0.649. The number of aromatic nitrogens is 2. The van der Waals surface area contributed by atoms with Gasteiger partial charge in [-0.2, -0.15) is 0 Å². The fourth-order valence-electron chi connectivity index (χ4n) is 4.09. The molecule has 0 aliphatic rings. The number of anilines is 1. The van der Waals surface area contributed by atoms with Gasteiger partial charge < -0.3 is 14.8 Å². The van der Waals surface area contributed by atoms with Crippen LogP contribution in [0.25, 0.3) is 27.6 Å². The zero-order valence-corrected chi connectivity index (χ0v) is 24.0. The van der Waals surface area contributed by atoms with Crippen molar-refractivity contribution in [3.05, 3.63) is 87.2 Å². The van der Waals surface area contributed by atoms with Crippen LogP contribution < -0.4 is 20.7 Å². The average Bonchev–Trinajstić information content (AvgIpc) is 2.81. The Morgan fingerprint density at radius 2 is 1.59 bits per heavy atom. The first-order valence-electron chi connectivity index (χ1n) is 12.3. The van der Waals surface area contributed by atoms with Gasteiger partial charge in [0.25, 0.3) is 5.56 Å². The molecule has 10 heteroatoms. The predicted molar refractivity (Wildman–Crippen MR) is 157 cm³/mol. The van der Waals surface area contributed by atoms with Crippen LogP contribution in [0.5, 0.6) is 5.75 Å². The van der Waals surface area contributed by atoms with Crippen molar-refractivity contribution in [2.24, 2.45) is 0 Å². The Morgan fingerprint density at radius 3 is 2.15 bits per heavy atom. The molecule has 0 saturated carbocycles. The third kappa shape index (κ3) is 7.36. The highest BCUT2D eigenvalue weighted by Crippen LogP contribution is 2.41. The number of methoxy groups -OCH3 is 1. The lowest BCUT2D eigenvalue weighted by molar-refractivity contribution is 0.216. The van der Waals surface area contributed by atoms with Crippen molar-refractivity contribution in [3.8, 4) is 22.6 Å². The van der Waals surface area contributed by atoms with Crippen LogP contribution in [0.1, 0.15) is 40.2 Å². The van der Waals surface area contributed by atoms with Crippen LogP contribution in [0.15, 0.2) is 70.4 Å². The summed E-state index contributed by atoms with van der Waals surface area (Å²) in [6, 6.07) is 15.9. The molecule has 0 aliphatic carbocycles. The van der Waals surface area contributed by atoms with Gasteiger partial charge in [-0.1, -0.05) is 39.0 Å². The standard InChI is InChI=1S/C26H27N3O5S.C3H8O/c1-26(2,3)22-15-20(29-23(30)10-11-27-25(29)31)14-21(24(22)34-4)18-7-6-17-13-19(28-35(5,32)33)9-8-16(17)12-18;1-3(2)4/h6-15,28H,1-5H3,(H,27,31);3-4H,1-2H3. The second kappa shape index (κ2) is 11.5. The maximum absolute atomic E-state index is 12.6. The zero-order valence-electron chi connectivity index (χ0n) is 23.2. The third-order valence-electron chi connectivity index (χ3n) is 5.65. The van der Waals surface area contributed by atoms with Gasteiger partial charge in [-0.3, -0.25) is 9.52 Å². The first kappa shape index (κ1) is 29.7. The van der Waals surface area contributed by atoms with Gasteiger partial charge in [0, 0.05) is 35.2 Å². The first-order valence-corrected chi connectivity index (χ1v) is 14.2. The molecule has 9 nitrogen and oxygen atoms in total. The highest BCUT2D eigenvalue weighted by molar-refractivity contribution is 7.92. The molecule has 0 amide bonds. The Morgan fingerprint density at radius 1 is 0.974 bits per heavy atom. The quantitative estimate of drug-likeness (QED) is 0.336. The lowest BCUT2D eigenvalue weighted by Gasteiger charge is -2.25. The van der Waals surface area contributed by atoms with Crippen LogP contribution in [0.4, 0.5) is 5.69 Å². The molecule has 0 radical (unpaired) electrons. The number of H-pyrrole nitrogens is 1. The molecule has 0 bridgehead atoms. The van der Waals surface area contributed by atoms with Crippen molar-refractivity contribution in [2.45, 2.75) is 46.1 Å². The number of aliphatic hydroxyl groups excluding tert-OH is 1. The molecule has 0 saturated heterocycles. The minimum atomic E-state index is -3.39. The number of rotatable bonds is 5. The molecule has 0 aliphatic heterocycles. The van der Waals surface area contributed by atoms with E-state index in [1.54, 1.807) is 39.2 Å². The number of hydrogen-bond acceptors (Lipinski definition) is 6. The number of sulfonamides is 1. The number of ether oxygens (including phenoxy) is 1. The molecule has 0 atom stereocenters. The minimum Gasteiger partial charge on any atom is -0.496 e. The molecule has 0 spiro atoms. The Kier molecular flexibility index (Phi) is 8.72. The number of aromatic amines is 1. The van der Waals surface area contributed by atoms with E-state index >= 15 is 0 Å². The molecule has 39 heavy (non-hydrogen) atoms. The summed E-state index contributed by atoms with van der Waals surface area (Å²) in [5, 5.41) is 9.80. The van der Waals surface area contributed by atoms with Crippen LogP contribution in [0.3, 0.4) is 0 Å². The van der Waals surface area contributed by atoms with E-state index in [2.05, 4.69) is 9.71 Å². The zero-order chi connectivity index (χ0) is 29.1. The molecule has 0 fully saturated rings. The van der Waals surface area contributed by atoms with Crippen molar-refractivity contribution < 1.29 is 18.3 Å². The molecule has 3 N–H and O–H groups in total. The van der Waals surface area contributed by atoms with Crippen molar-refractivity contribution in [1.29, 1.82) is 0 Å². The highest BCUT2D eigenvalue weighted by atomic mass is 32.2. The average molecular weight is 554 g/mol. The molecular formula is C29H35N3O6S. The van der Waals surface area contributed by atoms with E-state index in [1.165, 1.54) is 12.3 Å². The van der Waals surface area contributed by atoms with Gasteiger partial charge in [0.1, 0.15) is 5.75 Å². The van der Waals surface area contributed by atoms with Crippen LogP contribution in [0, 0.1) is 0 Å². The maximum Gasteiger partial charge on any atom is 0.332 e.